The first-order valence-corrected chi connectivity index (χ1v) is 6.06. The minimum Gasteiger partial charge on any atom is -0.308 e. The lowest BCUT2D eigenvalue weighted by molar-refractivity contribution is -0.385. The van der Waals surface area contributed by atoms with E-state index >= 15 is 0 Å². The number of amidine groups is 1. The predicted octanol–water partition coefficient (Wildman–Crippen LogP) is 2.04. The summed E-state index contributed by atoms with van der Waals surface area (Å²) < 4.78 is 0. The quantitative estimate of drug-likeness (QED) is 0.291. The molecule has 0 fully saturated rings. The number of hydrogen-bond donors (Lipinski definition) is 2. The molecule has 0 unspecified atom stereocenters. The highest BCUT2D eigenvalue weighted by Gasteiger charge is 2.08. The van der Waals surface area contributed by atoms with Crippen molar-refractivity contribution in [1.29, 1.82) is 0 Å². The van der Waals surface area contributed by atoms with E-state index in [0.717, 1.165) is 0 Å². The number of nitrogens with two attached hydrogens (primary N) is 1. The van der Waals surface area contributed by atoms with Crippen LogP contribution in [-0.4, -0.2) is 15.7 Å². The van der Waals surface area contributed by atoms with Crippen molar-refractivity contribution in [3.8, 4) is 0 Å². The highest BCUT2D eigenvalue weighted by atomic mass is 16.6. The third-order valence-corrected chi connectivity index (χ3v) is 2.79. The Kier molecular flexibility index (Phi) is 4.39. The molecule has 22 heavy (non-hydrogen) atoms. The zero-order valence-electron chi connectivity index (χ0n) is 11.2. The number of nitrogens with zero attached hydrogens (tertiary/aromatic N) is 3. The second kappa shape index (κ2) is 6.41. The molecule has 0 saturated carbocycles. The fourth-order valence-corrected chi connectivity index (χ4v) is 1.70. The molecule has 0 heterocycles. The molecule has 0 spiro atoms. The van der Waals surface area contributed by atoms with E-state index < -0.39 is 9.85 Å². The number of nitro benzene ring substituents is 2. The molecule has 3 N–H and O–H groups in total. The smallest absolute Gasteiger partial charge is 0.269 e. The van der Waals surface area contributed by atoms with Crippen molar-refractivity contribution in [2.24, 2.45) is 10.8 Å². The van der Waals surface area contributed by atoms with Gasteiger partial charge in [-0.2, -0.15) is 0 Å². The van der Waals surface area contributed by atoms with Crippen molar-refractivity contribution in [2.75, 3.05) is 0 Å². The molecule has 0 amide bonds. The summed E-state index contributed by atoms with van der Waals surface area (Å²) in [6.07, 6.45) is 0. The maximum Gasteiger partial charge on any atom is 0.269 e. The van der Waals surface area contributed by atoms with Crippen molar-refractivity contribution in [3.05, 3.63) is 74.3 Å². The van der Waals surface area contributed by atoms with E-state index in [1.165, 1.54) is 48.5 Å². The maximum atomic E-state index is 10.6. The highest BCUT2D eigenvalue weighted by molar-refractivity contribution is 6.00. The van der Waals surface area contributed by atoms with E-state index in [9.17, 15) is 20.2 Å². The summed E-state index contributed by atoms with van der Waals surface area (Å²) >= 11 is 0. The monoisotopic (exact) mass is 301 g/mol. The van der Waals surface area contributed by atoms with Gasteiger partial charge < -0.3 is 5.43 Å². The predicted molar refractivity (Wildman–Crippen MR) is 79.7 cm³/mol. The second-order valence-electron chi connectivity index (χ2n) is 4.18. The van der Waals surface area contributed by atoms with Crippen LogP contribution in [-0.2, 0) is 0 Å². The molecule has 2 rings (SSSR count). The zero-order valence-corrected chi connectivity index (χ0v) is 11.2. The number of aliphatic imine (C=N–C) groups is 1. The summed E-state index contributed by atoms with van der Waals surface area (Å²) in [6, 6.07) is 11.3. The first-order valence-electron chi connectivity index (χ1n) is 6.06. The molecule has 0 aliphatic carbocycles. The fourth-order valence-electron chi connectivity index (χ4n) is 1.70. The number of nitrogens with one attached hydrogen (secondary N) is 1. The zero-order chi connectivity index (χ0) is 16.1. The molecular formula is C13H11N5O4. The van der Waals surface area contributed by atoms with Gasteiger partial charge in [0.25, 0.3) is 11.4 Å². The van der Waals surface area contributed by atoms with Crippen LogP contribution in [0.3, 0.4) is 0 Å². The number of non-ortho nitro benzene ring substituents is 2. The van der Waals surface area contributed by atoms with Gasteiger partial charge in [0.15, 0.2) is 0 Å². The number of benzene rings is 2. The largest absolute Gasteiger partial charge is 0.308 e. The first-order chi connectivity index (χ1) is 10.5. The molecule has 0 atom stereocenters. The Labute approximate surface area is 124 Å². The number of rotatable bonds is 4. The minimum absolute atomic E-state index is 0.0449. The fraction of sp³-hybridized carbons (Fsp3) is 0. The number of nitro groups is 2. The molecule has 112 valence electrons. The van der Waals surface area contributed by atoms with E-state index in [4.69, 9.17) is 5.84 Å². The van der Waals surface area contributed by atoms with Crippen LogP contribution in [0.15, 0.2) is 53.5 Å². The summed E-state index contributed by atoms with van der Waals surface area (Å²) in [5, 5.41) is 21.2. The van der Waals surface area contributed by atoms with Crippen molar-refractivity contribution < 1.29 is 9.85 Å². The van der Waals surface area contributed by atoms with Crippen LogP contribution in [0.1, 0.15) is 5.56 Å². The second-order valence-corrected chi connectivity index (χ2v) is 4.18. The average Bonchev–Trinajstić information content (AvgIpc) is 2.53. The summed E-state index contributed by atoms with van der Waals surface area (Å²) in [7, 11) is 0. The number of hydrazine groups is 1. The van der Waals surface area contributed by atoms with Crippen LogP contribution in [0.4, 0.5) is 17.1 Å². The molecule has 2 aromatic carbocycles. The Morgan fingerprint density at radius 2 is 1.36 bits per heavy atom. The molecule has 0 bridgehead atoms. The third-order valence-electron chi connectivity index (χ3n) is 2.79. The summed E-state index contributed by atoms with van der Waals surface area (Å²) in [6.45, 7) is 0. The third kappa shape index (κ3) is 3.41. The van der Waals surface area contributed by atoms with E-state index in [-0.39, 0.29) is 17.2 Å². The van der Waals surface area contributed by atoms with Gasteiger partial charge in [-0.3, -0.25) is 20.2 Å². The maximum absolute atomic E-state index is 10.6. The molecule has 0 saturated heterocycles. The van der Waals surface area contributed by atoms with E-state index in [1.54, 1.807) is 0 Å². The van der Waals surface area contributed by atoms with Crippen molar-refractivity contribution in [3.63, 3.8) is 0 Å². The Morgan fingerprint density at radius 3 is 1.77 bits per heavy atom. The van der Waals surface area contributed by atoms with Gasteiger partial charge >= 0.3 is 0 Å². The summed E-state index contributed by atoms with van der Waals surface area (Å²) in [4.78, 5) is 24.4. The topological polar surface area (TPSA) is 137 Å². The van der Waals surface area contributed by atoms with Gasteiger partial charge in [-0.25, -0.2) is 10.8 Å². The molecular weight excluding hydrogens is 290 g/mol. The molecule has 0 radical (unpaired) electrons. The Morgan fingerprint density at radius 1 is 0.909 bits per heavy atom. The van der Waals surface area contributed by atoms with E-state index in [1.807, 2.05) is 0 Å². The first kappa shape index (κ1) is 15.1. The van der Waals surface area contributed by atoms with Crippen LogP contribution in [0, 0.1) is 20.2 Å². The molecule has 0 aromatic heterocycles. The highest BCUT2D eigenvalue weighted by Crippen LogP contribution is 2.19. The molecule has 2 aromatic rings. The minimum atomic E-state index is -0.508. The SMILES string of the molecule is NNC(=Nc1ccc([N+](=O)[O-])cc1)c1ccc([N+](=O)[O-])cc1. The van der Waals surface area contributed by atoms with Gasteiger partial charge in [0.05, 0.1) is 15.5 Å². The van der Waals surface area contributed by atoms with Gasteiger partial charge in [-0.05, 0) is 24.3 Å². The Balaban J connectivity index is 2.30. The lowest BCUT2D eigenvalue weighted by Gasteiger charge is -2.05. The molecule has 0 aliphatic rings. The standard InChI is InChI=1S/C13H11N5O4/c14-16-13(9-1-5-11(6-2-9)17(19)20)15-10-3-7-12(8-4-10)18(21)22/h1-8H,14H2,(H,15,16). The van der Waals surface area contributed by atoms with Gasteiger partial charge in [-0.15, -0.1) is 0 Å². The van der Waals surface area contributed by atoms with Crippen molar-refractivity contribution in [1.82, 2.24) is 5.43 Å². The Hall–Kier alpha value is -3.33. The average molecular weight is 301 g/mol. The summed E-state index contributed by atoms with van der Waals surface area (Å²) in [5.41, 5.74) is 3.31. The van der Waals surface area contributed by atoms with Gasteiger partial charge in [0.2, 0.25) is 0 Å². The molecule has 0 aliphatic heterocycles. The van der Waals surface area contributed by atoms with Crippen LogP contribution in [0.25, 0.3) is 0 Å². The van der Waals surface area contributed by atoms with Crippen molar-refractivity contribution in [2.45, 2.75) is 0 Å². The normalized spacial score (nSPS) is 11.0. The van der Waals surface area contributed by atoms with Gasteiger partial charge in [-0.1, -0.05) is 0 Å². The number of hydrogen-bond acceptors (Lipinski definition) is 6. The van der Waals surface area contributed by atoms with Crippen LogP contribution in [0.2, 0.25) is 0 Å². The molecule has 9 nitrogen and oxygen atoms in total. The van der Waals surface area contributed by atoms with E-state index in [0.29, 0.717) is 11.3 Å². The van der Waals surface area contributed by atoms with Crippen molar-refractivity contribution >= 4 is 22.9 Å². The Bertz CT molecular complexity index is 725. The van der Waals surface area contributed by atoms with Crippen LogP contribution < -0.4 is 11.3 Å². The lowest BCUT2D eigenvalue weighted by atomic mass is 10.2. The van der Waals surface area contributed by atoms with Gasteiger partial charge in [0, 0.05) is 29.8 Å². The van der Waals surface area contributed by atoms with Crippen LogP contribution >= 0.6 is 0 Å². The van der Waals surface area contributed by atoms with Gasteiger partial charge in [0.1, 0.15) is 5.84 Å². The molecule has 9 heteroatoms. The summed E-state index contributed by atoms with van der Waals surface area (Å²) in [5.74, 6) is 5.69. The lowest BCUT2D eigenvalue weighted by Crippen LogP contribution is -2.30. The van der Waals surface area contributed by atoms with E-state index in [2.05, 4.69) is 10.4 Å². The van der Waals surface area contributed by atoms with Crippen LogP contribution in [0.5, 0.6) is 0 Å².